The number of hydrogen-bond donors (Lipinski definition) is 1. The average molecular weight is 582 g/mol. The number of piperidine rings is 1. The summed E-state index contributed by atoms with van der Waals surface area (Å²) < 4.78 is 28.3. The maximum absolute atomic E-state index is 14.0. The van der Waals surface area contributed by atoms with Crippen LogP contribution in [-0.2, 0) is 14.8 Å². The van der Waals surface area contributed by atoms with E-state index in [2.05, 4.69) is 22.2 Å². The van der Waals surface area contributed by atoms with Crippen molar-refractivity contribution in [2.45, 2.75) is 68.8 Å². The molecule has 40 heavy (non-hydrogen) atoms. The molecule has 1 N–H and O–H groups in total. The molecule has 0 unspecified atom stereocenters. The summed E-state index contributed by atoms with van der Waals surface area (Å²) in [6.45, 7) is 3.04. The third-order valence-electron chi connectivity index (χ3n) is 7.64. The van der Waals surface area contributed by atoms with Crippen molar-refractivity contribution in [1.82, 2.24) is 19.6 Å². The third kappa shape index (κ3) is 6.26. The largest absolute Gasteiger partial charge is 0.351 e. The molecule has 2 amide bonds. The van der Waals surface area contributed by atoms with Gasteiger partial charge < -0.3 is 5.32 Å². The number of hydrogen-bond acceptors (Lipinski definition) is 7. The lowest BCUT2D eigenvalue weighted by Crippen LogP contribution is -2.47. The predicted octanol–water partition coefficient (Wildman–Crippen LogP) is 4.80. The first-order chi connectivity index (χ1) is 19.3. The molecule has 1 saturated carbocycles. The van der Waals surface area contributed by atoms with Crippen LogP contribution in [0.5, 0.6) is 0 Å². The smallest absolute Gasteiger partial charge is 0.279 e. The Morgan fingerprint density at radius 1 is 1.05 bits per heavy atom. The average Bonchev–Trinajstić information content (AvgIpc) is 3.51. The number of rotatable bonds is 8. The first-order valence-corrected chi connectivity index (χ1v) is 16.2. The van der Waals surface area contributed by atoms with Gasteiger partial charge in [-0.2, -0.15) is 4.31 Å². The molecule has 2 aliphatic rings. The van der Waals surface area contributed by atoms with Gasteiger partial charge in [-0.05, 0) is 67.3 Å². The standard InChI is InChI=1S/C29H35N5O4S2/c1-21-7-5-17-33(20-21)40(37,38)24-13-11-23(12-14-24)34(29(36)25-19-30-15-16-31-25)27(26-10-6-18-39-26)28(35)32-22-8-3-2-4-9-22/h6,10-16,18-19,21-22,27H,2-5,7-9,17,20H2,1H3,(H,32,35)/t21-,27-/m1/s1. The van der Waals surface area contributed by atoms with Crippen LogP contribution in [0.15, 0.2) is 65.3 Å². The third-order valence-corrected chi connectivity index (χ3v) is 10.4. The van der Waals surface area contributed by atoms with Gasteiger partial charge in [0.1, 0.15) is 5.69 Å². The van der Waals surface area contributed by atoms with Gasteiger partial charge in [0.15, 0.2) is 6.04 Å². The van der Waals surface area contributed by atoms with E-state index in [0.29, 0.717) is 29.6 Å². The van der Waals surface area contributed by atoms with Crippen LogP contribution in [0.4, 0.5) is 5.69 Å². The molecule has 1 aliphatic heterocycles. The lowest BCUT2D eigenvalue weighted by molar-refractivity contribution is -0.123. The summed E-state index contributed by atoms with van der Waals surface area (Å²) in [6, 6.07) is 9.02. The number of anilines is 1. The number of sulfonamides is 1. The predicted molar refractivity (Wildman–Crippen MR) is 155 cm³/mol. The van der Waals surface area contributed by atoms with Crippen molar-refractivity contribution in [3.05, 3.63) is 70.9 Å². The number of benzene rings is 1. The molecular formula is C29H35N5O4S2. The zero-order valence-corrected chi connectivity index (χ0v) is 24.2. The van der Waals surface area contributed by atoms with Crippen molar-refractivity contribution >= 4 is 38.9 Å². The number of aromatic nitrogens is 2. The van der Waals surface area contributed by atoms with Crippen LogP contribution in [0.25, 0.3) is 0 Å². The van der Waals surface area contributed by atoms with E-state index in [0.717, 1.165) is 44.9 Å². The summed E-state index contributed by atoms with van der Waals surface area (Å²) in [7, 11) is -3.68. The summed E-state index contributed by atoms with van der Waals surface area (Å²) in [5.41, 5.74) is 0.493. The lowest BCUT2D eigenvalue weighted by atomic mass is 9.95. The molecule has 0 bridgehead atoms. The molecule has 1 aliphatic carbocycles. The molecule has 11 heteroatoms. The molecule has 9 nitrogen and oxygen atoms in total. The zero-order chi connectivity index (χ0) is 28.1. The number of carbonyl (C=O) groups excluding carboxylic acids is 2. The normalized spacial score (nSPS) is 19.6. The van der Waals surface area contributed by atoms with Gasteiger partial charge in [0.2, 0.25) is 15.9 Å². The van der Waals surface area contributed by atoms with E-state index in [4.69, 9.17) is 0 Å². The molecule has 3 heterocycles. The van der Waals surface area contributed by atoms with Crippen molar-refractivity contribution in [2.24, 2.45) is 5.92 Å². The molecule has 5 rings (SSSR count). The zero-order valence-electron chi connectivity index (χ0n) is 22.6. The maximum Gasteiger partial charge on any atom is 0.279 e. The van der Waals surface area contributed by atoms with Crippen molar-refractivity contribution in [3.63, 3.8) is 0 Å². The molecule has 2 fully saturated rings. The second kappa shape index (κ2) is 12.6. The fourth-order valence-electron chi connectivity index (χ4n) is 5.56. The maximum atomic E-state index is 14.0. The number of nitrogens with zero attached hydrogens (tertiary/aromatic N) is 4. The van der Waals surface area contributed by atoms with Gasteiger partial charge in [0, 0.05) is 42.1 Å². The first kappa shape index (κ1) is 28.4. The Morgan fingerprint density at radius 3 is 2.48 bits per heavy atom. The Bertz CT molecular complexity index is 1390. The van der Waals surface area contributed by atoms with Crippen molar-refractivity contribution in [1.29, 1.82) is 0 Å². The molecule has 1 aromatic carbocycles. The molecule has 212 valence electrons. The van der Waals surface area contributed by atoms with Gasteiger partial charge in [-0.25, -0.2) is 13.4 Å². The minimum Gasteiger partial charge on any atom is -0.351 e. The molecule has 2 atom stereocenters. The Labute approximate surface area is 239 Å². The highest BCUT2D eigenvalue weighted by Crippen LogP contribution is 2.34. The Balaban J connectivity index is 1.52. The summed E-state index contributed by atoms with van der Waals surface area (Å²) in [4.78, 5) is 38.4. The van der Waals surface area contributed by atoms with Crippen LogP contribution in [0.1, 0.15) is 73.3 Å². The van der Waals surface area contributed by atoms with Gasteiger partial charge >= 0.3 is 0 Å². The van der Waals surface area contributed by atoms with Gasteiger partial charge in [-0.1, -0.05) is 32.3 Å². The van der Waals surface area contributed by atoms with Gasteiger partial charge in [0.25, 0.3) is 5.91 Å². The first-order valence-electron chi connectivity index (χ1n) is 13.9. The second-order valence-electron chi connectivity index (χ2n) is 10.6. The van der Waals surface area contributed by atoms with Crippen LogP contribution in [0.2, 0.25) is 0 Å². The monoisotopic (exact) mass is 581 g/mol. The van der Waals surface area contributed by atoms with Crippen LogP contribution in [0.3, 0.4) is 0 Å². The van der Waals surface area contributed by atoms with E-state index in [1.807, 2.05) is 17.5 Å². The van der Waals surface area contributed by atoms with Crippen LogP contribution >= 0.6 is 11.3 Å². The van der Waals surface area contributed by atoms with Crippen LogP contribution < -0.4 is 10.2 Å². The molecule has 0 radical (unpaired) electrons. The fourth-order valence-corrected chi connectivity index (χ4v) is 7.97. The van der Waals surface area contributed by atoms with Gasteiger partial charge in [-0.15, -0.1) is 11.3 Å². The van der Waals surface area contributed by atoms with Crippen molar-refractivity contribution in [3.8, 4) is 0 Å². The van der Waals surface area contributed by atoms with E-state index >= 15 is 0 Å². The van der Waals surface area contributed by atoms with Gasteiger partial charge in [-0.3, -0.25) is 19.5 Å². The number of amides is 2. The minimum absolute atomic E-state index is 0.0524. The van der Waals surface area contributed by atoms with Crippen LogP contribution in [-0.4, -0.2) is 53.6 Å². The van der Waals surface area contributed by atoms with Gasteiger partial charge in [0.05, 0.1) is 11.1 Å². The Morgan fingerprint density at radius 2 is 1.82 bits per heavy atom. The highest BCUT2D eigenvalue weighted by atomic mass is 32.2. The second-order valence-corrected chi connectivity index (χ2v) is 13.5. The summed E-state index contributed by atoms with van der Waals surface area (Å²) in [5.74, 6) is -0.464. The summed E-state index contributed by atoms with van der Waals surface area (Å²) in [5, 5.41) is 5.05. The van der Waals surface area contributed by atoms with Crippen LogP contribution in [0, 0.1) is 5.92 Å². The van der Waals surface area contributed by atoms with Crippen molar-refractivity contribution < 1.29 is 18.0 Å². The highest BCUT2D eigenvalue weighted by molar-refractivity contribution is 7.89. The lowest BCUT2D eigenvalue weighted by Gasteiger charge is -2.33. The quantitative estimate of drug-likeness (QED) is 0.409. The Hall–Kier alpha value is -3.15. The van der Waals surface area contributed by atoms with E-state index in [1.54, 1.807) is 12.1 Å². The van der Waals surface area contributed by atoms with E-state index in [9.17, 15) is 18.0 Å². The van der Waals surface area contributed by atoms with E-state index in [1.165, 1.54) is 51.3 Å². The summed E-state index contributed by atoms with van der Waals surface area (Å²) >= 11 is 1.39. The van der Waals surface area contributed by atoms with E-state index < -0.39 is 22.0 Å². The number of thiophene rings is 1. The molecule has 2 aromatic heterocycles. The minimum atomic E-state index is -3.68. The molecule has 3 aromatic rings. The topological polar surface area (TPSA) is 113 Å². The summed E-state index contributed by atoms with van der Waals surface area (Å²) in [6.07, 6.45) is 11.2. The van der Waals surface area contributed by atoms with Crippen molar-refractivity contribution in [2.75, 3.05) is 18.0 Å². The molecular weight excluding hydrogens is 546 g/mol. The highest BCUT2D eigenvalue weighted by Gasteiger charge is 2.36. The molecule has 0 spiro atoms. The fraction of sp³-hybridized carbons (Fsp3) is 0.448. The SMILES string of the molecule is C[C@@H]1CCCN(S(=O)(=O)c2ccc(N(C(=O)c3cnccn3)[C@@H](C(=O)NC3CCCCC3)c3cccs3)cc2)C1. The molecule has 1 saturated heterocycles. The number of nitrogens with one attached hydrogen (secondary N) is 1. The Kier molecular flexibility index (Phi) is 8.92. The van der Waals surface area contributed by atoms with E-state index in [-0.39, 0.29) is 22.5 Å². The number of carbonyl (C=O) groups is 2.